The SMILES string of the molecule is Cn1cc(N2C[C@]3(COCCN(C(=O)c4ccco4)C3)OCC2=O)cn1. The molecule has 2 aliphatic rings. The smallest absolute Gasteiger partial charge is 0.289 e. The van der Waals surface area contributed by atoms with Crippen LogP contribution in [-0.4, -0.2) is 71.6 Å². The first-order chi connectivity index (χ1) is 12.6. The van der Waals surface area contributed by atoms with Crippen LogP contribution >= 0.6 is 0 Å². The van der Waals surface area contributed by atoms with Gasteiger partial charge >= 0.3 is 0 Å². The lowest BCUT2D eigenvalue weighted by Gasteiger charge is -2.42. The number of nitrogens with zero attached hydrogens (tertiary/aromatic N) is 4. The molecule has 26 heavy (non-hydrogen) atoms. The van der Waals surface area contributed by atoms with Crippen molar-refractivity contribution in [2.24, 2.45) is 7.05 Å². The van der Waals surface area contributed by atoms with E-state index in [-0.39, 0.29) is 24.2 Å². The van der Waals surface area contributed by atoms with Crippen molar-refractivity contribution in [1.29, 1.82) is 0 Å². The Morgan fingerprint density at radius 2 is 2.23 bits per heavy atom. The first-order valence-electron chi connectivity index (χ1n) is 8.40. The highest BCUT2D eigenvalue weighted by Gasteiger charge is 2.44. The highest BCUT2D eigenvalue weighted by molar-refractivity contribution is 5.95. The molecular formula is C17H20N4O5. The maximum Gasteiger partial charge on any atom is 0.289 e. The van der Waals surface area contributed by atoms with Crippen LogP contribution in [0.25, 0.3) is 0 Å². The lowest BCUT2D eigenvalue weighted by molar-refractivity contribution is -0.145. The van der Waals surface area contributed by atoms with Crippen LogP contribution in [0.1, 0.15) is 10.6 Å². The topological polar surface area (TPSA) is 90.0 Å². The van der Waals surface area contributed by atoms with E-state index in [1.165, 1.54) is 6.26 Å². The molecule has 2 aliphatic heterocycles. The van der Waals surface area contributed by atoms with E-state index in [2.05, 4.69) is 5.10 Å². The monoisotopic (exact) mass is 360 g/mol. The number of anilines is 1. The number of morpholine rings is 1. The Hall–Kier alpha value is -2.65. The molecule has 0 N–H and O–H groups in total. The molecule has 0 aliphatic carbocycles. The van der Waals surface area contributed by atoms with Gasteiger partial charge in [0.1, 0.15) is 12.2 Å². The van der Waals surface area contributed by atoms with Crippen LogP contribution in [0.4, 0.5) is 5.69 Å². The average Bonchev–Trinajstić information content (AvgIpc) is 3.27. The van der Waals surface area contributed by atoms with Gasteiger partial charge in [-0.1, -0.05) is 0 Å². The molecule has 0 saturated carbocycles. The maximum absolute atomic E-state index is 12.7. The fourth-order valence-electron chi connectivity index (χ4n) is 3.32. The lowest BCUT2D eigenvalue weighted by atomic mass is 10.0. The Morgan fingerprint density at radius 1 is 1.35 bits per heavy atom. The summed E-state index contributed by atoms with van der Waals surface area (Å²) in [6.07, 6.45) is 4.89. The van der Waals surface area contributed by atoms with Gasteiger partial charge in [0, 0.05) is 19.8 Å². The molecule has 0 aromatic carbocycles. The molecule has 2 saturated heterocycles. The highest BCUT2D eigenvalue weighted by atomic mass is 16.6. The number of hydrogen-bond acceptors (Lipinski definition) is 6. The van der Waals surface area contributed by atoms with Crippen LogP contribution in [0.3, 0.4) is 0 Å². The van der Waals surface area contributed by atoms with Crippen molar-refractivity contribution in [3.63, 3.8) is 0 Å². The van der Waals surface area contributed by atoms with E-state index in [0.717, 1.165) is 0 Å². The number of ether oxygens (including phenoxy) is 2. The van der Waals surface area contributed by atoms with E-state index < -0.39 is 5.60 Å². The summed E-state index contributed by atoms with van der Waals surface area (Å²) in [7, 11) is 1.79. The van der Waals surface area contributed by atoms with Crippen LogP contribution in [0.5, 0.6) is 0 Å². The molecular weight excluding hydrogens is 340 g/mol. The van der Waals surface area contributed by atoms with Crippen molar-refractivity contribution >= 4 is 17.5 Å². The van der Waals surface area contributed by atoms with E-state index >= 15 is 0 Å². The van der Waals surface area contributed by atoms with Gasteiger partial charge < -0.3 is 23.7 Å². The van der Waals surface area contributed by atoms with Crippen molar-refractivity contribution in [3.05, 3.63) is 36.5 Å². The number of carbonyl (C=O) groups excluding carboxylic acids is 2. The van der Waals surface area contributed by atoms with E-state index in [9.17, 15) is 9.59 Å². The minimum absolute atomic E-state index is 0.0684. The quantitative estimate of drug-likeness (QED) is 0.765. The third-order valence-electron chi connectivity index (χ3n) is 4.62. The Balaban J connectivity index is 1.57. The summed E-state index contributed by atoms with van der Waals surface area (Å²) in [6.45, 7) is 1.68. The first kappa shape index (κ1) is 16.8. The van der Waals surface area contributed by atoms with Crippen molar-refractivity contribution in [2.45, 2.75) is 5.60 Å². The number of aromatic nitrogens is 2. The summed E-state index contributed by atoms with van der Waals surface area (Å²) in [5.41, 5.74) is -0.0870. The van der Waals surface area contributed by atoms with E-state index in [1.54, 1.807) is 46.1 Å². The van der Waals surface area contributed by atoms with E-state index in [0.29, 0.717) is 38.5 Å². The van der Waals surface area contributed by atoms with Gasteiger partial charge in [-0.3, -0.25) is 14.3 Å². The van der Waals surface area contributed by atoms with Crippen molar-refractivity contribution in [2.75, 3.05) is 44.4 Å². The maximum atomic E-state index is 12.7. The summed E-state index contributed by atoms with van der Waals surface area (Å²) in [5, 5.41) is 4.13. The fraction of sp³-hybridized carbons (Fsp3) is 0.471. The highest BCUT2D eigenvalue weighted by Crippen LogP contribution is 2.27. The van der Waals surface area contributed by atoms with Gasteiger partial charge in [0.2, 0.25) is 0 Å². The molecule has 0 unspecified atom stereocenters. The number of carbonyl (C=O) groups is 2. The molecule has 9 heteroatoms. The third kappa shape index (κ3) is 3.11. The van der Waals surface area contributed by atoms with Crippen LogP contribution in [0, 0.1) is 0 Å². The summed E-state index contributed by atoms with van der Waals surface area (Å²) in [5.74, 6) is -0.0804. The normalized spacial score (nSPS) is 24.1. The average molecular weight is 360 g/mol. The van der Waals surface area contributed by atoms with Gasteiger partial charge in [-0.2, -0.15) is 5.10 Å². The number of furan rings is 1. The molecule has 2 aromatic heterocycles. The predicted molar refractivity (Wildman–Crippen MR) is 89.7 cm³/mol. The fourth-order valence-corrected chi connectivity index (χ4v) is 3.32. The van der Waals surface area contributed by atoms with Crippen LogP contribution in [0.2, 0.25) is 0 Å². The third-order valence-corrected chi connectivity index (χ3v) is 4.62. The molecule has 138 valence electrons. The summed E-state index contributed by atoms with van der Waals surface area (Å²) in [4.78, 5) is 28.3. The molecule has 1 atom stereocenters. The molecule has 4 rings (SSSR count). The number of aryl methyl sites for hydroxylation is 1. The van der Waals surface area contributed by atoms with Gasteiger partial charge in [0.05, 0.1) is 44.5 Å². The minimum atomic E-state index is -0.789. The summed E-state index contributed by atoms with van der Waals surface area (Å²) in [6, 6.07) is 3.31. The Labute approximate surface area is 150 Å². The van der Waals surface area contributed by atoms with E-state index in [4.69, 9.17) is 13.9 Å². The zero-order valence-electron chi connectivity index (χ0n) is 14.5. The van der Waals surface area contributed by atoms with Gasteiger partial charge in [0.25, 0.3) is 11.8 Å². The van der Waals surface area contributed by atoms with E-state index in [1.807, 2.05) is 0 Å². The Kier molecular flexibility index (Phi) is 4.25. The molecule has 2 fully saturated rings. The van der Waals surface area contributed by atoms with Crippen molar-refractivity contribution < 1.29 is 23.5 Å². The summed E-state index contributed by atoms with van der Waals surface area (Å²) < 4.78 is 18.5. The zero-order valence-corrected chi connectivity index (χ0v) is 14.5. The Bertz CT molecular complexity index is 802. The van der Waals surface area contributed by atoms with Gasteiger partial charge in [0.15, 0.2) is 5.76 Å². The predicted octanol–water partition coefficient (Wildman–Crippen LogP) is 0.288. The zero-order chi connectivity index (χ0) is 18.1. The van der Waals surface area contributed by atoms with Gasteiger partial charge in [-0.25, -0.2) is 0 Å². The molecule has 2 aromatic rings. The first-order valence-corrected chi connectivity index (χ1v) is 8.40. The molecule has 1 spiro atoms. The largest absolute Gasteiger partial charge is 0.459 e. The number of amides is 2. The second kappa shape index (κ2) is 6.58. The van der Waals surface area contributed by atoms with Crippen molar-refractivity contribution in [3.8, 4) is 0 Å². The van der Waals surface area contributed by atoms with Crippen molar-refractivity contribution in [1.82, 2.24) is 14.7 Å². The lowest BCUT2D eigenvalue weighted by Crippen LogP contribution is -2.61. The second-order valence-electron chi connectivity index (χ2n) is 6.58. The van der Waals surface area contributed by atoms with Crippen LogP contribution in [0.15, 0.2) is 35.2 Å². The Morgan fingerprint density at radius 3 is 2.96 bits per heavy atom. The van der Waals surface area contributed by atoms with Crippen LogP contribution < -0.4 is 4.90 Å². The minimum Gasteiger partial charge on any atom is -0.459 e. The van der Waals surface area contributed by atoms with Gasteiger partial charge in [-0.05, 0) is 12.1 Å². The molecule has 0 radical (unpaired) electrons. The number of hydrogen-bond donors (Lipinski definition) is 0. The van der Waals surface area contributed by atoms with Gasteiger partial charge in [-0.15, -0.1) is 0 Å². The van der Waals surface area contributed by atoms with Crippen LogP contribution in [-0.2, 0) is 21.3 Å². The standard InChI is InChI=1S/C17H20N4O5/c1-19-8-13(7-18-19)21-11-17(26-9-15(21)22)10-20(4-6-24-12-17)16(23)14-3-2-5-25-14/h2-3,5,7-8H,4,6,9-12H2,1H3/t17-/m1/s1. The molecule has 9 nitrogen and oxygen atoms in total. The molecule has 4 heterocycles. The number of rotatable bonds is 2. The molecule has 2 amide bonds. The molecule has 0 bridgehead atoms. The second-order valence-corrected chi connectivity index (χ2v) is 6.58. The summed E-state index contributed by atoms with van der Waals surface area (Å²) >= 11 is 0.